The van der Waals surface area contributed by atoms with E-state index in [0.717, 1.165) is 18.2 Å². The molecule has 3 N–H and O–H groups in total. The summed E-state index contributed by atoms with van der Waals surface area (Å²) in [5.74, 6) is 6.10. The van der Waals surface area contributed by atoms with Crippen molar-refractivity contribution in [2.75, 3.05) is 16.9 Å². The van der Waals surface area contributed by atoms with Crippen LogP contribution < -0.4 is 16.2 Å². The zero-order valence-electron chi connectivity index (χ0n) is 11.3. The molecule has 1 aliphatic carbocycles. The third kappa shape index (κ3) is 3.35. The van der Waals surface area contributed by atoms with E-state index in [0.29, 0.717) is 11.7 Å². The number of non-ortho nitro benzene ring substituents is 1. The molecule has 1 aliphatic rings. The Balaban J connectivity index is 2.33. The average Bonchev–Trinajstić information content (AvgIpc) is 3.18. The molecule has 0 amide bonds. The second-order valence-corrected chi connectivity index (χ2v) is 5.33. The molecule has 0 saturated heterocycles. The fraction of sp³-hybridized carbons (Fsp3) is 0.538. The minimum Gasteiger partial charge on any atom is -0.369 e. The number of rotatable bonds is 6. The molecular weight excluding hydrogens is 244 g/mol. The summed E-state index contributed by atoms with van der Waals surface area (Å²) in [5, 5.41) is 11.0. The van der Waals surface area contributed by atoms with Gasteiger partial charge in [-0.2, -0.15) is 0 Å². The first-order valence-electron chi connectivity index (χ1n) is 6.54. The van der Waals surface area contributed by atoms with Gasteiger partial charge in [-0.3, -0.25) is 16.0 Å². The molecule has 19 heavy (non-hydrogen) atoms. The Morgan fingerprint density at radius 3 is 2.63 bits per heavy atom. The van der Waals surface area contributed by atoms with E-state index in [4.69, 9.17) is 5.84 Å². The lowest BCUT2D eigenvalue weighted by Crippen LogP contribution is -2.32. The number of benzene rings is 1. The molecule has 0 heterocycles. The lowest BCUT2D eigenvalue weighted by Gasteiger charge is -2.29. The van der Waals surface area contributed by atoms with Gasteiger partial charge in [0.15, 0.2) is 0 Å². The zero-order valence-corrected chi connectivity index (χ0v) is 11.3. The van der Waals surface area contributed by atoms with Gasteiger partial charge in [-0.1, -0.05) is 0 Å². The fourth-order valence-corrected chi connectivity index (χ4v) is 2.14. The highest BCUT2D eigenvalue weighted by Crippen LogP contribution is 2.34. The molecule has 0 aliphatic heterocycles. The lowest BCUT2D eigenvalue weighted by atomic mass is 10.2. The molecule has 6 nitrogen and oxygen atoms in total. The predicted molar refractivity (Wildman–Crippen MR) is 76.1 cm³/mol. The third-order valence-electron chi connectivity index (χ3n) is 3.39. The normalized spacial score (nSPS) is 14.5. The highest BCUT2D eigenvalue weighted by molar-refractivity contribution is 5.64. The van der Waals surface area contributed by atoms with Crippen LogP contribution in [0.5, 0.6) is 0 Å². The number of anilines is 2. The molecule has 104 valence electrons. The molecule has 6 heteroatoms. The monoisotopic (exact) mass is 264 g/mol. The molecule has 0 spiro atoms. The summed E-state index contributed by atoms with van der Waals surface area (Å²) in [6.45, 7) is 5.14. The van der Waals surface area contributed by atoms with E-state index in [1.165, 1.54) is 18.9 Å². The third-order valence-corrected chi connectivity index (χ3v) is 3.39. The summed E-state index contributed by atoms with van der Waals surface area (Å²) in [7, 11) is 0. The molecule has 0 unspecified atom stereocenters. The summed E-state index contributed by atoms with van der Waals surface area (Å²) in [6, 6.07) is 5.21. The molecule has 0 radical (unpaired) electrons. The van der Waals surface area contributed by atoms with Crippen molar-refractivity contribution in [3.8, 4) is 0 Å². The van der Waals surface area contributed by atoms with Crippen molar-refractivity contribution in [2.45, 2.75) is 32.7 Å². The van der Waals surface area contributed by atoms with Crippen LogP contribution in [0.1, 0.15) is 26.7 Å². The van der Waals surface area contributed by atoms with Gasteiger partial charge < -0.3 is 10.3 Å². The van der Waals surface area contributed by atoms with Crippen LogP contribution in [0, 0.1) is 16.0 Å². The molecular formula is C13H20N4O2. The maximum absolute atomic E-state index is 11.0. The zero-order chi connectivity index (χ0) is 14.0. The van der Waals surface area contributed by atoms with Crippen LogP contribution in [0.25, 0.3) is 0 Å². The number of nitro benzene ring substituents is 1. The van der Waals surface area contributed by atoms with Crippen molar-refractivity contribution >= 4 is 17.1 Å². The minimum atomic E-state index is -0.389. The Labute approximate surface area is 112 Å². The number of hydrogen-bond donors (Lipinski definition) is 2. The average molecular weight is 264 g/mol. The summed E-state index contributed by atoms with van der Waals surface area (Å²) in [4.78, 5) is 12.8. The first kappa shape index (κ1) is 13.6. The Bertz CT molecular complexity index is 472. The standard InChI is InChI=1S/C13H20N4O2/c1-9(2)16(8-10-3-4-10)12-5-11(15-14)6-13(7-12)17(18)19/h5-7,9-10,15H,3-4,8,14H2,1-2H3. The smallest absolute Gasteiger partial charge is 0.273 e. The van der Waals surface area contributed by atoms with E-state index in [1.54, 1.807) is 6.07 Å². The van der Waals surface area contributed by atoms with Crippen LogP contribution in [-0.4, -0.2) is 17.5 Å². The number of hydrogen-bond acceptors (Lipinski definition) is 5. The largest absolute Gasteiger partial charge is 0.369 e. The van der Waals surface area contributed by atoms with Gasteiger partial charge in [0, 0.05) is 30.4 Å². The van der Waals surface area contributed by atoms with Gasteiger partial charge in [0.25, 0.3) is 5.69 Å². The molecule has 1 aromatic carbocycles. The van der Waals surface area contributed by atoms with Crippen molar-refractivity contribution in [3.63, 3.8) is 0 Å². The fourth-order valence-electron chi connectivity index (χ4n) is 2.14. The highest BCUT2D eigenvalue weighted by Gasteiger charge is 2.26. The Morgan fingerprint density at radius 2 is 2.16 bits per heavy atom. The second-order valence-electron chi connectivity index (χ2n) is 5.33. The van der Waals surface area contributed by atoms with E-state index in [9.17, 15) is 10.1 Å². The van der Waals surface area contributed by atoms with Gasteiger partial charge in [0.05, 0.1) is 10.6 Å². The summed E-state index contributed by atoms with van der Waals surface area (Å²) < 4.78 is 0. The molecule has 0 bridgehead atoms. The Hall–Kier alpha value is -1.82. The SMILES string of the molecule is CC(C)N(CC1CC1)c1cc(NN)cc([N+](=O)[O-])c1. The Kier molecular flexibility index (Phi) is 3.90. The van der Waals surface area contributed by atoms with Gasteiger partial charge >= 0.3 is 0 Å². The molecule has 1 aromatic rings. The summed E-state index contributed by atoms with van der Waals surface area (Å²) in [5.41, 5.74) is 3.97. The van der Waals surface area contributed by atoms with Crippen LogP contribution in [0.15, 0.2) is 18.2 Å². The number of nitro groups is 1. The molecule has 0 atom stereocenters. The van der Waals surface area contributed by atoms with Gasteiger partial charge in [0.1, 0.15) is 0 Å². The highest BCUT2D eigenvalue weighted by atomic mass is 16.6. The van der Waals surface area contributed by atoms with E-state index < -0.39 is 0 Å². The predicted octanol–water partition coefficient (Wildman–Crippen LogP) is 2.51. The van der Waals surface area contributed by atoms with Crippen molar-refractivity contribution in [1.29, 1.82) is 0 Å². The van der Waals surface area contributed by atoms with Gasteiger partial charge in [-0.15, -0.1) is 0 Å². The van der Waals surface area contributed by atoms with Crippen LogP contribution in [-0.2, 0) is 0 Å². The van der Waals surface area contributed by atoms with E-state index in [1.807, 2.05) is 6.07 Å². The van der Waals surface area contributed by atoms with Crippen molar-refractivity contribution < 1.29 is 4.92 Å². The topological polar surface area (TPSA) is 84.4 Å². The van der Waals surface area contributed by atoms with Crippen LogP contribution in [0.3, 0.4) is 0 Å². The summed E-state index contributed by atoms with van der Waals surface area (Å²) in [6.07, 6.45) is 2.50. The van der Waals surface area contributed by atoms with E-state index in [2.05, 4.69) is 24.2 Å². The Morgan fingerprint density at radius 1 is 1.47 bits per heavy atom. The number of hydrazine groups is 1. The minimum absolute atomic E-state index is 0.0619. The maximum atomic E-state index is 11.0. The van der Waals surface area contributed by atoms with E-state index >= 15 is 0 Å². The first-order valence-corrected chi connectivity index (χ1v) is 6.54. The van der Waals surface area contributed by atoms with Crippen molar-refractivity contribution in [2.24, 2.45) is 11.8 Å². The molecule has 0 aromatic heterocycles. The number of nitrogens with one attached hydrogen (secondary N) is 1. The lowest BCUT2D eigenvalue weighted by molar-refractivity contribution is -0.384. The second kappa shape index (κ2) is 5.44. The molecule has 2 rings (SSSR count). The number of nitrogens with two attached hydrogens (primary N) is 1. The molecule has 1 saturated carbocycles. The molecule has 1 fully saturated rings. The van der Waals surface area contributed by atoms with E-state index in [-0.39, 0.29) is 10.6 Å². The van der Waals surface area contributed by atoms with Crippen molar-refractivity contribution in [1.82, 2.24) is 0 Å². The van der Waals surface area contributed by atoms with Crippen LogP contribution >= 0.6 is 0 Å². The maximum Gasteiger partial charge on any atom is 0.273 e. The summed E-state index contributed by atoms with van der Waals surface area (Å²) >= 11 is 0. The number of nitrogen functional groups attached to an aromatic ring is 1. The van der Waals surface area contributed by atoms with Crippen LogP contribution in [0.4, 0.5) is 17.1 Å². The van der Waals surface area contributed by atoms with Gasteiger partial charge in [-0.25, -0.2) is 0 Å². The van der Waals surface area contributed by atoms with Crippen LogP contribution in [0.2, 0.25) is 0 Å². The number of nitrogens with zero attached hydrogens (tertiary/aromatic N) is 2. The first-order chi connectivity index (χ1) is 9.01. The van der Waals surface area contributed by atoms with Gasteiger partial charge in [0.2, 0.25) is 0 Å². The van der Waals surface area contributed by atoms with Gasteiger partial charge in [-0.05, 0) is 38.7 Å². The van der Waals surface area contributed by atoms with Crippen molar-refractivity contribution in [3.05, 3.63) is 28.3 Å². The quantitative estimate of drug-likeness (QED) is 0.468.